The highest BCUT2D eigenvalue weighted by Crippen LogP contribution is 2.24. The third-order valence-corrected chi connectivity index (χ3v) is 4.31. The number of anilines is 1. The van der Waals surface area contributed by atoms with Gasteiger partial charge in [-0.2, -0.15) is 0 Å². The van der Waals surface area contributed by atoms with Crippen LogP contribution in [0, 0.1) is 11.8 Å². The van der Waals surface area contributed by atoms with E-state index in [4.69, 9.17) is 5.21 Å². The van der Waals surface area contributed by atoms with Gasteiger partial charge in [0.25, 0.3) is 5.91 Å². The maximum Gasteiger partial charge on any atom is 0.274 e. The third-order valence-electron chi connectivity index (χ3n) is 3.55. The summed E-state index contributed by atoms with van der Waals surface area (Å²) in [5.41, 5.74) is 4.35. The Hall–Kier alpha value is -3.47. The van der Waals surface area contributed by atoms with Gasteiger partial charge >= 0.3 is 0 Å². The second-order valence-corrected chi connectivity index (χ2v) is 6.31. The molecule has 3 aromatic rings. The summed E-state index contributed by atoms with van der Waals surface area (Å²) in [5, 5.41) is 13.7. The molecule has 6 nitrogen and oxygen atoms in total. The van der Waals surface area contributed by atoms with Crippen LogP contribution in [0.15, 0.2) is 60.0 Å². The van der Waals surface area contributed by atoms with Crippen LogP contribution >= 0.6 is 11.3 Å². The van der Waals surface area contributed by atoms with E-state index in [1.807, 2.05) is 35.7 Å². The normalized spacial score (nSPS) is 9.81. The first-order valence-corrected chi connectivity index (χ1v) is 8.88. The minimum Gasteiger partial charge on any atom is -0.301 e. The molecule has 0 unspecified atom stereocenters. The van der Waals surface area contributed by atoms with Gasteiger partial charge in [-0.15, -0.1) is 11.3 Å². The SMILES string of the molecule is O=C(CC#Cc1ccc(C(=O)NO)cc1)Nc1nc(-c2ccccc2)cs1. The highest BCUT2D eigenvalue weighted by Gasteiger charge is 2.07. The molecule has 2 amide bonds. The smallest absolute Gasteiger partial charge is 0.274 e. The van der Waals surface area contributed by atoms with Crippen molar-refractivity contribution in [1.82, 2.24) is 10.5 Å². The average molecular weight is 377 g/mol. The quantitative estimate of drug-likeness (QED) is 0.370. The Bertz CT molecular complexity index is 1000. The van der Waals surface area contributed by atoms with Crippen molar-refractivity contribution in [2.75, 3.05) is 5.32 Å². The fourth-order valence-corrected chi connectivity index (χ4v) is 2.97. The Morgan fingerprint density at radius 2 is 1.81 bits per heavy atom. The first-order valence-electron chi connectivity index (χ1n) is 8.00. The molecule has 1 heterocycles. The van der Waals surface area contributed by atoms with E-state index < -0.39 is 5.91 Å². The molecule has 0 aliphatic carbocycles. The zero-order valence-corrected chi connectivity index (χ0v) is 14.9. The molecule has 27 heavy (non-hydrogen) atoms. The highest BCUT2D eigenvalue weighted by atomic mass is 32.1. The van der Waals surface area contributed by atoms with Crippen LogP contribution in [0.25, 0.3) is 11.3 Å². The molecule has 3 rings (SSSR count). The van der Waals surface area contributed by atoms with Gasteiger partial charge in [0, 0.05) is 22.1 Å². The predicted molar refractivity (Wildman–Crippen MR) is 103 cm³/mol. The van der Waals surface area contributed by atoms with Crippen molar-refractivity contribution in [3.05, 3.63) is 71.1 Å². The summed E-state index contributed by atoms with van der Waals surface area (Å²) < 4.78 is 0. The molecule has 0 saturated heterocycles. The number of carbonyl (C=O) groups is 2. The first kappa shape index (κ1) is 18.3. The molecule has 134 valence electrons. The van der Waals surface area contributed by atoms with Crippen molar-refractivity contribution in [1.29, 1.82) is 0 Å². The Morgan fingerprint density at radius 3 is 2.52 bits per heavy atom. The van der Waals surface area contributed by atoms with Gasteiger partial charge in [0.1, 0.15) is 0 Å². The monoisotopic (exact) mass is 377 g/mol. The van der Waals surface area contributed by atoms with Crippen LogP contribution in [0.3, 0.4) is 0 Å². The summed E-state index contributed by atoms with van der Waals surface area (Å²) in [6, 6.07) is 16.1. The predicted octanol–water partition coefficient (Wildman–Crippen LogP) is 3.31. The fourth-order valence-electron chi connectivity index (χ4n) is 2.23. The molecule has 1 aromatic heterocycles. The molecule has 0 aliphatic rings. The lowest BCUT2D eigenvalue weighted by atomic mass is 10.1. The molecule has 2 aromatic carbocycles. The van der Waals surface area contributed by atoms with Crippen molar-refractivity contribution >= 4 is 28.3 Å². The van der Waals surface area contributed by atoms with Crippen molar-refractivity contribution in [3.8, 4) is 23.1 Å². The summed E-state index contributed by atoms with van der Waals surface area (Å²) in [6.07, 6.45) is 0.0269. The molecule has 0 atom stereocenters. The van der Waals surface area contributed by atoms with Gasteiger partial charge in [-0.25, -0.2) is 10.5 Å². The molecule has 7 heteroatoms. The number of benzene rings is 2. The second kappa shape index (κ2) is 8.76. The second-order valence-electron chi connectivity index (χ2n) is 5.45. The van der Waals surface area contributed by atoms with Crippen molar-refractivity contribution in [3.63, 3.8) is 0 Å². The standard InChI is InChI=1S/C20H15N3O3S/c24-18(8-4-5-14-9-11-16(12-10-14)19(25)23-26)22-20-21-17(13-27-20)15-6-2-1-3-7-15/h1-3,6-7,9-13,26H,8H2,(H,23,25)(H,21,22,24). The third kappa shape index (κ3) is 5.01. The van der Waals surface area contributed by atoms with Crippen molar-refractivity contribution in [2.45, 2.75) is 6.42 Å². The number of nitrogens with zero attached hydrogens (tertiary/aromatic N) is 1. The zero-order valence-electron chi connectivity index (χ0n) is 14.1. The van der Waals surface area contributed by atoms with Crippen LogP contribution in [-0.2, 0) is 4.79 Å². The average Bonchev–Trinajstić information content (AvgIpc) is 3.17. The topological polar surface area (TPSA) is 91.3 Å². The summed E-state index contributed by atoms with van der Waals surface area (Å²) in [4.78, 5) is 27.6. The lowest BCUT2D eigenvalue weighted by molar-refractivity contribution is -0.115. The molecule has 0 aliphatic heterocycles. The van der Waals surface area contributed by atoms with E-state index in [1.54, 1.807) is 17.6 Å². The Morgan fingerprint density at radius 1 is 1.07 bits per heavy atom. The Labute approximate surface area is 159 Å². The van der Waals surface area contributed by atoms with Gasteiger partial charge in [-0.1, -0.05) is 42.2 Å². The molecule has 0 spiro atoms. The first-order chi connectivity index (χ1) is 13.2. The summed E-state index contributed by atoms with van der Waals surface area (Å²) in [6.45, 7) is 0. The number of hydroxylamine groups is 1. The lowest BCUT2D eigenvalue weighted by Crippen LogP contribution is -2.18. The van der Waals surface area contributed by atoms with Crippen LogP contribution in [0.5, 0.6) is 0 Å². The molecule has 3 N–H and O–H groups in total. The molecular weight excluding hydrogens is 362 g/mol. The van der Waals surface area contributed by atoms with Crippen LogP contribution in [-0.4, -0.2) is 22.0 Å². The minimum absolute atomic E-state index is 0.0269. The van der Waals surface area contributed by atoms with E-state index in [-0.39, 0.29) is 12.3 Å². The number of nitrogens with one attached hydrogen (secondary N) is 2. The lowest BCUT2D eigenvalue weighted by Gasteiger charge is -1.98. The Kier molecular flexibility index (Phi) is 5.94. The van der Waals surface area contributed by atoms with E-state index in [1.165, 1.54) is 23.5 Å². The molecule has 0 bridgehead atoms. The fraction of sp³-hybridized carbons (Fsp3) is 0.0500. The number of aromatic nitrogens is 1. The molecule has 0 radical (unpaired) electrons. The summed E-state index contributed by atoms with van der Waals surface area (Å²) in [5.74, 6) is 4.81. The number of rotatable bonds is 4. The van der Waals surface area contributed by atoms with E-state index in [0.717, 1.165) is 11.3 Å². The maximum atomic E-state index is 12.0. The molecular formula is C20H15N3O3S. The van der Waals surface area contributed by atoms with Crippen LogP contribution in [0.2, 0.25) is 0 Å². The largest absolute Gasteiger partial charge is 0.301 e. The molecule has 0 fully saturated rings. The summed E-state index contributed by atoms with van der Waals surface area (Å²) >= 11 is 1.36. The highest BCUT2D eigenvalue weighted by molar-refractivity contribution is 7.14. The number of carbonyl (C=O) groups excluding carboxylic acids is 2. The number of hydrogen-bond donors (Lipinski definition) is 3. The van der Waals surface area contributed by atoms with E-state index >= 15 is 0 Å². The van der Waals surface area contributed by atoms with Crippen molar-refractivity contribution < 1.29 is 14.8 Å². The van der Waals surface area contributed by atoms with Gasteiger partial charge in [0.05, 0.1) is 12.1 Å². The van der Waals surface area contributed by atoms with Gasteiger partial charge in [-0.05, 0) is 24.3 Å². The van der Waals surface area contributed by atoms with E-state index in [0.29, 0.717) is 16.3 Å². The van der Waals surface area contributed by atoms with Crippen LogP contribution < -0.4 is 10.8 Å². The maximum absolute atomic E-state index is 12.0. The number of thiazole rings is 1. The van der Waals surface area contributed by atoms with Crippen LogP contribution in [0.1, 0.15) is 22.3 Å². The number of amides is 2. The number of hydrogen-bond acceptors (Lipinski definition) is 5. The van der Waals surface area contributed by atoms with Crippen molar-refractivity contribution in [2.24, 2.45) is 0 Å². The van der Waals surface area contributed by atoms with Gasteiger partial charge in [-0.3, -0.25) is 14.8 Å². The molecule has 0 saturated carbocycles. The van der Waals surface area contributed by atoms with E-state index in [2.05, 4.69) is 22.1 Å². The van der Waals surface area contributed by atoms with Gasteiger partial charge in [0.2, 0.25) is 5.91 Å². The van der Waals surface area contributed by atoms with Crippen LogP contribution in [0.4, 0.5) is 5.13 Å². The zero-order chi connectivity index (χ0) is 19.1. The Balaban J connectivity index is 1.56. The van der Waals surface area contributed by atoms with Gasteiger partial charge < -0.3 is 5.32 Å². The van der Waals surface area contributed by atoms with Gasteiger partial charge in [0.15, 0.2) is 5.13 Å². The minimum atomic E-state index is -0.591. The summed E-state index contributed by atoms with van der Waals surface area (Å²) in [7, 11) is 0. The van der Waals surface area contributed by atoms with E-state index in [9.17, 15) is 9.59 Å².